The van der Waals surface area contributed by atoms with Crippen LogP contribution in [0.1, 0.15) is 181 Å². The molecule has 0 aromatic carbocycles. The molecular formula is C49H87O12P. The van der Waals surface area contributed by atoms with Crippen LogP contribution in [0.5, 0.6) is 0 Å². The molecular weight excluding hydrogens is 812 g/mol. The molecule has 6 unspecified atom stereocenters. The van der Waals surface area contributed by atoms with Gasteiger partial charge < -0.3 is 39.9 Å². The van der Waals surface area contributed by atoms with Gasteiger partial charge in [0.25, 0.3) is 0 Å². The fourth-order valence-corrected chi connectivity index (χ4v) is 7.95. The maximum atomic E-state index is 12.8. The van der Waals surface area contributed by atoms with E-state index >= 15 is 0 Å². The Morgan fingerprint density at radius 3 is 1.37 bits per heavy atom. The van der Waals surface area contributed by atoms with E-state index in [4.69, 9.17) is 18.5 Å². The third kappa shape index (κ3) is 31.0. The Balaban J connectivity index is 2.40. The standard InChI is InChI=1S/C49H87O12P/c1-3-5-7-9-11-13-15-17-19-21-22-23-24-26-28-30-32-34-36-38-43(50)60-42(41-59-62(56,57)61-49-47(54)45(52)44(51)46(53)48(49)55)40-58-39-37-35-33-31-29-27-25-20-18-16-14-12-10-8-6-4-2/h11-14,17-20,22-23,42,44-49,51-55H,3-10,15-16,21,24-41H2,1-2H3,(H,56,57)/b13-11-,14-12-,19-17-,20-18-,23-22-. The number of ether oxygens (including phenoxy) is 2. The molecule has 13 heteroatoms. The summed E-state index contributed by atoms with van der Waals surface area (Å²) in [7, 11) is -5.03. The molecule has 6 atom stereocenters. The molecule has 0 aromatic heterocycles. The van der Waals surface area contributed by atoms with E-state index in [2.05, 4.69) is 74.6 Å². The fourth-order valence-electron chi connectivity index (χ4n) is 6.98. The van der Waals surface area contributed by atoms with Crippen LogP contribution >= 0.6 is 7.82 Å². The van der Waals surface area contributed by atoms with Gasteiger partial charge in [0.15, 0.2) is 0 Å². The van der Waals surface area contributed by atoms with Crippen LogP contribution < -0.4 is 0 Å². The minimum Gasteiger partial charge on any atom is -0.457 e. The molecule has 0 aliphatic heterocycles. The third-order valence-electron chi connectivity index (χ3n) is 10.9. The summed E-state index contributed by atoms with van der Waals surface area (Å²) >= 11 is 0. The number of unbranched alkanes of at least 4 members (excludes halogenated alkanes) is 18. The van der Waals surface area contributed by atoms with Crippen LogP contribution in [0.15, 0.2) is 60.8 Å². The normalized spacial score (nSPS) is 22.5. The van der Waals surface area contributed by atoms with E-state index in [1.54, 1.807) is 0 Å². The topological polar surface area (TPSA) is 192 Å². The summed E-state index contributed by atoms with van der Waals surface area (Å²) in [6.07, 6.45) is 37.0. The van der Waals surface area contributed by atoms with Crippen LogP contribution in [0.2, 0.25) is 0 Å². The van der Waals surface area contributed by atoms with Crippen molar-refractivity contribution in [2.24, 2.45) is 0 Å². The zero-order valence-electron chi connectivity index (χ0n) is 38.4. The Hall–Kier alpha value is -1.96. The zero-order valence-corrected chi connectivity index (χ0v) is 39.3. The molecule has 1 fully saturated rings. The van der Waals surface area contributed by atoms with Crippen molar-refractivity contribution in [1.29, 1.82) is 0 Å². The van der Waals surface area contributed by atoms with E-state index < -0.39 is 63.1 Å². The number of aliphatic hydroxyl groups excluding tert-OH is 5. The molecule has 0 bridgehead atoms. The van der Waals surface area contributed by atoms with Gasteiger partial charge in [0.05, 0.1) is 13.2 Å². The minimum atomic E-state index is -5.03. The van der Waals surface area contributed by atoms with Crippen LogP contribution in [0.3, 0.4) is 0 Å². The number of hydrogen-bond donors (Lipinski definition) is 6. The van der Waals surface area contributed by atoms with Crippen LogP contribution in [0.4, 0.5) is 0 Å². The third-order valence-corrected chi connectivity index (χ3v) is 11.8. The highest BCUT2D eigenvalue weighted by Gasteiger charge is 2.51. The number of esters is 1. The van der Waals surface area contributed by atoms with Crippen molar-refractivity contribution in [2.75, 3.05) is 19.8 Å². The highest BCUT2D eigenvalue weighted by Crippen LogP contribution is 2.47. The summed E-state index contributed by atoms with van der Waals surface area (Å²) in [5.74, 6) is -0.495. The van der Waals surface area contributed by atoms with Crippen molar-refractivity contribution in [3.05, 3.63) is 60.8 Å². The SMILES string of the molecule is CCCCC/C=C\C/C=C\C/C=C\CCCCCCCCC(=O)OC(COCCCCCCCC/C=C\C/C=C\CCCCC)COP(=O)(O)OC1C(O)C(O)C(O)C(O)C1O. The average molecular weight is 899 g/mol. The molecule has 0 amide bonds. The number of rotatable bonds is 40. The molecule has 0 heterocycles. The van der Waals surface area contributed by atoms with Gasteiger partial charge in [-0.25, -0.2) is 4.57 Å². The van der Waals surface area contributed by atoms with Gasteiger partial charge in [-0.3, -0.25) is 13.8 Å². The van der Waals surface area contributed by atoms with Gasteiger partial charge >= 0.3 is 13.8 Å². The molecule has 1 aliphatic carbocycles. The lowest BCUT2D eigenvalue weighted by Crippen LogP contribution is -2.64. The number of carbonyl (C=O) groups excluding carboxylic acids is 1. The Bertz CT molecular complexity index is 1250. The Morgan fingerprint density at radius 2 is 0.903 bits per heavy atom. The highest BCUT2D eigenvalue weighted by molar-refractivity contribution is 7.47. The maximum absolute atomic E-state index is 12.8. The summed E-state index contributed by atoms with van der Waals surface area (Å²) < 4.78 is 34.2. The van der Waals surface area contributed by atoms with E-state index in [9.17, 15) is 39.8 Å². The number of phosphoric ester groups is 1. The molecule has 0 aromatic rings. The first-order valence-corrected chi connectivity index (χ1v) is 25.6. The van der Waals surface area contributed by atoms with E-state index in [1.807, 2.05) is 0 Å². The van der Waals surface area contributed by atoms with Gasteiger partial charge in [-0.1, -0.05) is 152 Å². The van der Waals surface area contributed by atoms with Crippen LogP contribution in [-0.4, -0.2) is 98.9 Å². The lowest BCUT2D eigenvalue weighted by Gasteiger charge is -2.41. The van der Waals surface area contributed by atoms with Crippen molar-refractivity contribution in [2.45, 2.75) is 224 Å². The maximum Gasteiger partial charge on any atom is 0.472 e. The quantitative estimate of drug-likeness (QED) is 0.0148. The van der Waals surface area contributed by atoms with Gasteiger partial charge in [-0.2, -0.15) is 0 Å². The molecule has 6 N–H and O–H groups in total. The van der Waals surface area contributed by atoms with E-state index in [0.717, 1.165) is 103 Å². The molecule has 12 nitrogen and oxygen atoms in total. The smallest absolute Gasteiger partial charge is 0.457 e. The van der Waals surface area contributed by atoms with Crippen molar-refractivity contribution in [1.82, 2.24) is 0 Å². The average Bonchev–Trinajstić information content (AvgIpc) is 3.26. The molecule has 0 saturated heterocycles. The number of aliphatic hydroxyl groups is 5. The second kappa shape index (κ2) is 39.4. The Kier molecular flexibility index (Phi) is 36.9. The first-order valence-electron chi connectivity index (χ1n) is 24.1. The number of hydrogen-bond acceptors (Lipinski definition) is 11. The number of phosphoric acid groups is 1. The first-order chi connectivity index (χ1) is 30.0. The molecule has 0 spiro atoms. The second-order valence-corrected chi connectivity index (χ2v) is 18.0. The number of carbonyl (C=O) groups is 1. The largest absolute Gasteiger partial charge is 0.472 e. The van der Waals surface area contributed by atoms with Crippen molar-refractivity contribution >= 4 is 13.8 Å². The lowest BCUT2D eigenvalue weighted by atomic mass is 9.85. The van der Waals surface area contributed by atoms with E-state index in [1.165, 1.54) is 51.4 Å². The van der Waals surface area contributed by atoms with Crippen molar-refractivity contribution < 1.29 is 58.3 Å². The predicted molar refractivity (Wildman–Crippen MR) is 248 cm³/mol. The lowest BCUT2D eigenvalue weighted by molar-refractivity contribution is -0.220. The van der Waals surface area contributed by atoms with Gasteiger partial charge in [0, 0.05) is 13.0 Å². The summed E-state index contributed by atoms with van der Waals surface area (Å²) in [6.45, 7) is 4.17. The Morgan fingerprint density at radius 1 is 0.516 bits per heavy atom. The molecule has 360 valence electrons. The summed E-state index contributed by atoms with van der Waals surface area (Å²) in [5.41, 5.74) is 0. The fraction of sp³-hybridized carbons (Fsp3) is 0.776. The van der Waals surface area contributed by atoms with Crippen LogP contribution in [0.25, 0.3) is 0 Å². The first kappa shape index (κ1) is 58.1. The second-order valence-electron chi connectivity index (χ2n) is 16.6. The van der Waals surface area contributed by atoms with Gasteiger partial charge in [-0.15, -0.1) is 0 Å². The zero-order chi connectivity index (χ0) is 45.5. The monoisotopic (exact) mass is 899 g/mol. The molecule has 0 radical (unpaired) electrons. The number of allylic oxidation sites excluding steroid dienone is 10. The summed E-state index contributed by atoms with van der Waals surface area (Å²) in [5, 5.41) is 50.2. The predicted octanol–water partition coefficient (Wildman–Crippen LogP) is 10.2. The molecule has 1 aliphatic rings. The summed E-state index contributed by atoms with van der Waals surface area (Å²) in [6, 6.07) is 0. The van der Waals surface area contributed by atoms with E-state index in [-0.39, 0.29) is 13.0 Å². The summed E-state index contributed by atoms with van der Waals surface area (Å²) in [4.78, 5) is 23.2. The minimum absolute atomic E-state index is 0.0917. The molecule has 1 saturated carbocycles. The Labute approximate surface area is 375 Å². The van der Waals surface area contributed by atoms with Crippen LogP contribution in [0, 0.1) is 0 Å². The van der Waals surface area contributed by atoms with Gasteiger partial charge in [0.1, 0.15) is 42.7 Å². The highest BCUT2D eigenvalue weighted by atomic mass is 31.2. The van der Waals surface area contributed by atoms with Crippen molar-refractivity contribution in [3.8, 4) is 0 Å². The van der Waals surface area contributed by atoms with Crippen molar-refractivity contribution in [3.63, 3.8) is 0 Å². The molecule has 62 heavy (non-hydrogen) atoms. The van der Waals surface area contributed by atoms with E-state index in [0.29, 0.717) is 13.0 Å². The van der Waals surface area contributed by atoms with Crippen LogP contribution in [-0.2, 0) is 27.9 Å². The molecule has 1 rings (SSSR count). The van der Waals surface area contributed by atoms with Gasteiger partial charge in [-0.05, 0) is 83.5 Å². The van der Waals surface area contributed by atoms with Gasteiger partial charge in [0.2, 0.25) is 0 Å².